The van der Waals surface area contributed by atoms with Crippen molar-refractivity contribution in [2.24, 2.45) is 5.73 Å². The van der Waals surface area contributed by atoms with Gasteiger partial charge >= 0.3 is 0 Å². The Labute approximate surface area is 161 Å². The van der Waals surface area contributed by atoms with Crippen molar-refractivity contribution in [1.29, 1.82) is 0 Å². The Morgan fingerprint density at radius 2 is 2.07 bits per heavy atom. The molecule has 0 aliphatic heterocycles. The number of fused-ring (bicyclic) bond motifs is 1. The van der Waals surface area contributed by atoms with Crippen LogP contribution in [0, 0.1) is 0 Å². The van der Waals surface area contributed by atoms with Gasteiger partial charge < -0.3 is 20.9 Å². The van der Waals surface area contributed by atoms with Crippen molar-refractivity contribution in [1.82, 2.24) is 30.1 Å². The Hall–Kier alpha value is -3.46. The van der Waals surface area contributed by atoms with Gasteiger partial charge in [0.25, 0.3) is 0 Å². The Bertz CT molecular complexity index is 1110. The molecule has 9 heteroatoms. The number of anilines is 3. The van der Waals surface area contributed by atoms with E-state index in [4.69, 9.17) is 5.73 Å². The minimum absolute atomic E-state index is 0.394. The molecule has 3 aromatic heterocycles. The summed E-state index contributed by atoms with van der Waals surface area (Å²) in [5.41, 5.74) is 10.4. The van der Waals surface area contributed by atoms with Crippen LogP contribution in [0.5, 0.6) is 0 Å². The number of nitrogens with zero attached hydrogens (tertiary/aromatic N) is 5. The molecule has 0 saturated heterocycles. The fourth-order valence-electron chi connectivity index (χ4n) is 3.21. The second-order valence-corrected chi connectivity index (χ2v) is 7.08. The fourth-order valence-corrected chi connectivity index (χ4v) is 3.21. The average Bonchev–Trinajstić information content (AvgIpc) is 3.28. The maximum atomic E-state index is 6.45. The van der Waals surface area contributed by atoms with Crippen molar-refractivity contribution in [2.45, 2.75) is 24.9 Å². The summed E-state index contributed by atoms with van der Waals surface area (Å²) in [6, 6.07) is 9.76. The molecule has 0 spiro atoms. The molecule has 1 saturated carbocycles. The lowest BCUT2D eigenvalue weighted by Crippen LogP contribution is -2.32. The lowest BCUT2D eigenvalue weighted by molar-refractivity contribution is 0.685. The Balaban J connectivity index is 1.35. The smallest absolute Gasteiger partial charge is 0.228 e. The Morgan fingerprint density at radius 1 is 1.18 bits per heavy atom. The fraction of sp³-hybridized carbons (Fsp3) is 0.263. The molecule has 3 heterocycles. The summed E-state index contributed by atoms with van der Waals surface area (Å²) in [5, 5.41) is 10.6. The van der Waals surface area contributed by atoms with Crippen LogP contribution in [0.3, 0.4) is 0 Å². The van der Waals surface area contributed by atoms with Gasteiger partial charge in [0.05, 0.1) is 17.4 Å². The molecule has 142 valence electrons. The van der Waals surface area contributed by atoms with Gasteiger partial charge in [0, 0.05) is 30.9 Å². The van der Waals surface area contributed by atoms with Crippen LogP contribution in [0.4, 0.5) is 17.6 Å². The molecule has 0 unspecified atom stereocenters. The van der Waals surface area contributed by atoms with Crippen molar-refractivity contribution in [2.75, 3.05) is 17.3 Å². The summed E-state index contributed by atoms with van der Waals surface area (Å²) in [7, 11) is 1.88. The summed E-state index contributed by atoms with van der Waals surface area (Å²) in [6.45, 7) is 0. The second-order valence-electron chi connectivity index (χ2n) is 7.08. The summed E-state index contributed by atoms with van der Waals surface area (Å²) in [5.74, 6) is 2.57. The Kier molecular flexibility index (Phi) is 3.94. The molecule has 0 bridgehead atoms. The van der Waals surface area contributed by atoms with Gasteiger partial charge in [-0.15, -0.1) is 0 Å². The minimum Gasteiger partial charge on any atom is -0.345 e. The maximum absolute atomic E-state index is 6.45. The van der Waals surface area contributed by atoms with Gasteiger partial charge in [0.2, 0.25) is 5.95 Å². The largest absolute Gasteiger partial charge is 0.345 e. The topological polar surface area (TPSA) is 124 Å². The third kappa shape index (κ3) is 3.16. The van der Waals surface area contributed by atoms with E-state index in [1.807, 2.05) is 42.3 Å². The number of nitrogens with one attached hydrogen (secondary N) is 3. The molecule has 0 radical (unpaired) electrons. The normalized spacial score (nSPS) is 14.9. The molecule has 5 N–H and O–H groups in total. The van der Waals surface area contributed by atoms with Crippen LogP contribution in [0.25, 0.3) is 11.0 Å². The molecule has 1 aliphatic carbocycles. The van der Waals surface area contributed by atoms with Crippen LogP contribution in [0.15, 0.2) is 42.9 Å². The summed E-state index contributed by atoms with van der Waals surface area (Å²) in [6.07, 6.45) is 5.44. The van der Waals surface area contributed by atoms with Crippen molar-refractivity contribution in [3.63, 3.8) is 0 Å². The zero-order valence-electron chi connectivity index (χ0n) is 15.4. The van der Waals surface area contributed by atoms with Gasteiger partial charge in [-0.25, -0.2) is 9.97 Å². The van der Waals surface area contributed by atoms with E-state index in [0.717, 1.165) is 22.4 Å². The van der Waals surface area contributed by atoms with E-state index in [-0.39, 0.29) is 0 Å². The molecule has 4 aromatic rings. The van der Waals surface area contributed by atoms with Crippen molar-refractivity contribution < 1.29 is 0 Å². The summed E-state index contributed by atoms with van der Waals surface area (Å²) >= 11 is 0. The van der Waals surface area contributed by atoms with E-state index < -0.39 is 6.17 Å². The number of hydrogen-bond donors (Lipinski definition) is 4. The first kappa shape index (κ1) is 16.7. The van der Waals surface area contributed by atoms with Gasteiger partial charge in [-0.05, 0) is 36.6 Å². The highest BCUT2D eigenvalue weighted by Crippen LogP contribution is 2.39. The van der Waals surface area contributed by atoms with Gasteiger partial charge in [-0.1, -0.05) is 6.07 Å². The number of rotatable bonds is 6. The number of benzene rings is 1. The third-order valence-electron chi connectivity index (χ3n) is 5.03. The van der Waals surface area contributed by atoms with E-state index >= 15 is 0 Å². The number of hydrogen-bond acceptors (Lipinski definition) is 7. The highest BCUT2D eigenvalue weighted by Gasteiger charge is 2.25. The minimum atomic E-state index is -0.394. The van der Waals surface area contributed by atoms with E-state index in [2.05, 4.69) is 35.5 Å². The molecular weight excluding hydrogens is 354 g/mol. The average molecular weight is 375 g/mol. The van der Waals surface area contributed by atoms with Gasteiger partial charge in [-0.3, -0.25) is 5.10 Å². The van der Waals surface area contributed by atoms with Crippen molar-refractivity contribution in [3.8, 4) is 0 Å². The predicted molar refractivity (Wildman–Crippen MR) is 107 cm³/mol. The quantitative estimate of drug-likeness (QED) is 0.382. The molecular formula is C19H21N9. The van der Waals surface area contributed by atoms with Crippen LogP contribution in [0.1, 0.15) is 36.2 Å². The van der Waals surface area contributed by atoms with Crippen LogP contribution in [-0.4, -0.2) is 37.2 Å². The van der Waals surface area contributed by atoms with Gasteiger partial charge in [0.1, 0.15) is 12.0 Å². The first-order chi connectivity index (χ1) is 13.7. The molecule has 1 fully saturated rings. The molecule has 1 aromatic carbocycles. The second kappa shape index (κ2) is 6.61. The number of nitrogens with two attached hydrogens (primary N) is 1. The lowest BCUT2D eigenvalue weighted by atomic mass is 10.1. The number of H-pyrrole nitrogens is 2. The van der Waals surface area contributed by atoms with E-state index in [1.54, 1.807) is 12.5 Å². The predicted octanol–water partition coefficient (Wildman–Crippen LogP) is 2.79. The summed E-state index contributed by atoms with van der Waals surface area (Å²) < 4.78 is 0. The lowest BCUT2D eigenvalue weighted by Gasteiger charge is -2.25. The standard InChI is InChI=1S/C19H21N9/c1-28(18(20)12-4-5-13-15(8-12)23-10-22-13)19-21-7-6-16(25-19)24-17-9-14(26-27-17)11-2-3-11/h4-11,18H,2-3,20H2,1H3,(H,22,23)(H2,21,24,25,26,27)/t18-/m0/s1. The number of aromatic nitrogens is 6. The third-order valence-corrected chi connectivity index (χ3v) is 5.03. The van der Waals surface area contributed by atoms with E-state index in [9.17, 15) is 0 Å². The van der Waals surface area contributed by atoms with Gasteiger partial charge in [-0.2, -0.15) is 10.1 Å². The highest BCUT2D eigenvalue weighted by atomic mass is 15.3. The van der Waals surface area contributed by atoms with E-state index in [0.29, 0.717) is 17.7 Å². The van der Waals surface area contributed by atoms with Crippen LogP contribution < -0.4 is 16.0 Å². The molecule has 9 nitrogen and oxygen atoms in total. The number of imidazole rings is 1. The molecule has 1 aliphatic rings. The zero-order chi connectivity index (χ0) is 19.1. The summed E-state index contributed by atoms with van der Waals surface area (Å²) in [4.78, 5) is 18.1. The molecule has 1 atom stereocenters. The van der Waals surface area contributed by atoms with Crippen LogP contribution in [-0.2, 0) is 0 Å². The first-order valence-corrected chi connectivity index (χ1v) is 9.24. The van der Waals surface area contributed by atoms with Crippen LogP contribution >= 0.6 is 0 Å². The number of aromatic amines is 2. The first-order valence-electron chi connectivity index (χ1n) is 9.24. The Morgan fingerprint density at radius 3 is 2.93 bits per heavy atom. The monoisotopic (exact) mass is 375 g/mol. The molecule has 0 amide bonds. The highest BCUT2D eigenvalue weighted by molar-refractivity contribution is 5.75. The zero-order valence-corrected chi connectivity index (χ0v) is 15.4. The van der Waals surface area contributed by atoms with E-state index in [1.165, 1.54) is 18.5 Å². The maximum Gasteiger partial charge on any atom is 0.228 e. The van der Waals surface area contributed by atoms with Crippen molar-refractivity contribution >= 4 is 28.6 Å². The van der Waals surface area contributed by atoms with Gasteiger partial charge in [0.15, 0.2) is 5.82 Å². The van der Waals surface area contributed by atoms with Crippen LogP contribution in [0.2, 0.25) is 0 Å². The molecule has 28 heavy (non-hydrogen) atoms. The SMILES string of the molecule is CN(c1nccc(Nc2cc(C3CC3)[nH]n2)n1)[C@H](N)c1ccc2nc[nH]c2c1. The van der Waals surface area contributed by atoms with Crippen molar-refractivity contribution in [3.05, 3.63) is 54.1 Å². The molecule has 5 rings (SSSR count).